The van der Waals surface area contributed by atoms with Crippen LogP contribution >= 0.6 is 0 Å². The van der Waals surface area contributed by atoms with Crippen molar-refractivity contribution in [3.05, 3.63) is 71.6 Å². The Morgan fingerprint density at radius 2 is 1.86 bits per heavy atom. The highest BCUT2D eigenvalue weighted by Gasteiger charge is 2.28. The predicted molar refractivity (Wildman–Crippen MR) is 108 cm³/mol. The number of aliphatic hydroxyl groups excluding tert-OH is 1. The second-order valence-electron chi connectivity index (χ2n) is 6.89. The first kappa shape index (κ1) is 21.2. The van der Waals surface area contributed by atoms with Gasteiger partial charge < -0.3 is 10.4 Å². The molecule has 0 aliphatic carbocycles. The van der Waals surface area contributed by atoms with E-state index >= 15 is 0 Å². The molecule has 0 radical (unpaired) electrons. The summed E-state index contributed by atoms with van der Waals surface area (Å²) >= 11 is 0. The van der Waals surface area contributed by atoms with Crippen molar-refractivity contribution in [1.29, 1.82) is 0 Å². The number of rotatable bonds is 6. The summed E-state index contributed by atoms with van der Waals surface area (Å²) in [5, 5.41) is 12.2. The molecule has 1 aliphatic rings. The number of piperidine rings is 1. The monoisotopic (exact) mass is 418 g/mol. The fourth-order valence-electron chi connectivity index (χ4n) is 3.04. The summed E-state index contributed by atoms with van der Waals surface area (Å²) in [6, 6.07) is 12.3. The van der Waals surface area contributed by atoms with Gasteiger partial charge in [0.05, 0.1) is 11.0 Å². The van der Waals surface area contributed by atoms with Crippen LogP contribution < -0.4 is 5.32 Å². The minimum absolute atomic E-state index is 0.190. The van der Waals surface area contributed by atoms with Gasteiger partial charge in [-0.3, -0.25) is 4.79 Å². The Kier molecular flexibility index (Phi) is 6.79. The third-order valence-electron chi connectivity index (χ3n) is 4.73. The summed E-state index contributed by atoms with van der Waals surface area (Å²) in [4.78, 5) is 12.1. The summed E-state index contributed by atoms with van der Waals surface area (Å²) in [7, 11) is -3.58. The number of hydrogen-bond acceptors (Lipinski definition) is 4. The highest BCUT2D eigenvalue weighted by Crippen LogP contribution is 2.21. The van der Waals surface area contributed by atoms with Crippen LogP contribution in [0.4, 0.5) is 4.39 Å². The van der Waals surface area contributed by atoms with E-state index < -0.39 is 16.1 Å². The van der Waals surface area contributed by atoms with Gasteiger partial charge in [-0.15, -0.1) is 0 Å². The number of hydrogen-bond donors (Lipinski definition) is 2. The number of carbonyl (C=O) groups excluding carboxylic acids is 1. The fraction of sp³-hybridized carbons (Fsp3) is 0.286. The number of benzene rings is 2. The number of carbonyl (C=O) groups is 1. The van der Waals surface area contributed by atoms with Gasteiger partial charge in [-0.1, -0.05) is 24.3 Å². The maximum Gasteiger partial charge on any atom is 0.244 e. The van der Waals surface area contributed by atoms with E-state index in [1.54, 1.807) is 24.3 Å². The molecule has 1 heterocycles. The van der Waals surface area contributed by atoms with Crippen LogP contribution in [-0.2, 0) is 21.4 Å². The van der Waals surface area contributed by atoms with Gasteiger partial charge >= 0.3 is 0 Å². The van der Waals surface area contributed by atoms with E-state index in [2.05, 4.69) is 5.32 Å². The molecule has 0 saturated carbocycles. The van der Waals surface area contributed by atoms with Gasteiger partial charge in [0, 0.05) is 25.7 Å². The summed E-state index contributed by atoms with van der Waals surface area (Å²) < 4.78 is 39.8. The first-order chi connectivity index (χ1) is 13.8. The lowest BCUT2D eigenvalue weighted by Crippen LogP contribution is -2.39. The molecule has 1 aliphatic heterocycles. The Labute approximate surface area is 169 Å². The molecule has 0 aromatic heterocycles. The first-order valence-electron chi connectivity index (χ1n) is 9.33. The summed E-state index contributed by atoms with van der Waals surface area (Å²) in [5.41, 5.74) is 1.34. The quantitative estimate of drug-likeness (QED) is 0.705. The highest BCUT2D eigenvalue weighted by molar-refractivity contribution is 7.89. The third kappa shape index (κ3) is 5.72. The van der Waals surface area contributed by atoms with Gasteiger partial charge in [0.25, 0.3) is 0 Å². The molecule has 0 spiro atoms. The van der Waals surface area contributed by atoms with E-state index in [0.717, 1.165) is 5.56 Å². The van der Waals surface area contributed by atoms with Crippen molar-refractivity contribution >= 4 is 22.0 Å². The zero-order valence-electron chi connectivity index (χ0n) is 15.8. The molecular formula is C21H23FN2O4S. The lowest BCUT2D eigenvalue weighted by molar-refractivity contribution is -0.116. The third-order valence-corrected chi connectivity index (χ3v) is 6.64. The largest absolute Gasteiger partial charge is 0.393 e. The van der Waals surface area contributed by atoms with Gasteiger partial charge in [-0.2, -0.15) is 4.31 Å². The maximum atomic E-state index is 13.1. The van der Waals surface area contributed by atoms with Gasteiger partial charge in [0.15, 0.2) is 0 Å². The van der Waals surface area contributed by atoms with Crippen molar-refractivity contribution in [3.63, 3.8) is 0 Å². The predicted octanol–water partition coefficient (Wildman–Crippen LogP) is 2.30. The molecule has 0 unspecified atom stereocenters. The SMILES string of the molecule is O=C(/C=C/c1cccc(F)c1)NCc1ccc(S(=O)(=O)N2CCC(O)CC2)cc1. The Bertz CT molecular complexity index is 982. The lowest BCUT2D eigenvalue weighted by atomic mass is 10.1. The van der Waals surface area contributed by atoms with Crippen LogP contribution in [0.1, 0.15) is 24.0 Å². The fourth-order valence-corrected chi connectivity index (χ4v) is 4.51. The van der Waals surface area contributed by atoms with Crippen molar-refractivity contribution < 1.29 is 22.7 Å². The minimum atomic E-state index is -3.58. The topological polar surface area (TPSA) is 86.7 Å². The van der Waals surface area contributed by atoms with Gasteiger partial charge in [-0.05, 0) is 54.3 Å². The van der Waals surface area contributed by atoms with Crippen LogP contribution in [0.2, 0.25) is 0 Å². The number of nitrogens with zero attached hydrogens (tertiary/aromatic N) is 1. The number of amides is 1. The molecule has 1 amide bonds. The van der Waals surface area contributed by atoms with Crippen LogP contribution in [0.25, 0.3) is 6.08 Å². The molecule has 0 atom stereocenters. The molecule has 6 nitrogen and oxygen atoms in total. The Hall–Kier alpha value is -2.55. The summed E-state index contributed by atoms with van der Waals surface area (Å²) in [5.74, 6) is -0.707. The standard InChI is InChI=1S/C21H23FN2O4S/c22-18-3-1-2-16(14-18)6-9-21(26)23-15-17-4-7-20(8-5-17)29(27,28)24-12-10-19(25)11-13-24/h1-9,14,19,25H,10-13,15H2,(H,23,26)/b9-6+. The van der Waals surface area contributed by atoms with Crippen LogP contribution in [0.3, 0.4) is 0 Å². The molecule has 2 aromatic carbocycles. The molecule has 2 N–H and O–H groups in total. The number of nitrogens with one attached hydrogen (secondary N) is 1. The Morgan fingerprint density at radius 1 is 1.17 bits per heavy atom. The Morgan fingerprint density at radius 3 is 2.52 bits per heavy atom. The van der Waals surface area contributed by atoms with Crippen LogP contribution in [0, 0.1) is 5.82 Å². The van der Waals surface area contributed by atoms with E-state index in [0.29, 0.717) is 31.5 Å². The minimum Gasteiger partial charge on any atom is -0.393 e. The van der Waals surface area contributed by atoms with Crippen LogP contribution in [0.5, 0.6) is 0 Å². The van der Waals surface area contributed by atoms with Crippen LogP contribution in [0.15, 0.2) is 59.5 Å². The van der Waals surface area contributed by atoms with E-state index in [4.69, 9.17) is 0 Å². The zero-order chi connectivity index (χ0) is 20.9. The average molecular weight is 418 g/mol. The van der Waals surface area contributed by atoms with E-state index in [-0.39, 0.29) is 23.2 Å². The lowest BCUT2D eigenvalue weighted by Gasteiger charge is -2.28. The van der Waals surface area contributed by atoms with Crippen LogP contribution in [-0.4, -0.2) is 42.9 Å². The molecule has 0 bridgehead atoms. The summed E-state index contributed by atoms with van der Waals surface area (Å²) in [6.07, 6.45) is 3.27. The highest BCUT2D eigenvalue weighted by atomic mass is 32.2. The number of halogens is 1. The van der Waals surface area contributed by atoms with E-state index in [9.17, 15) is 22.7 Å². The van der Waals surface area contributed by atoms with Gasteiger partial charge in [0.1, 0.15) is 5.82 Å². The van der Waals surface area contributed by atoms with Crippen molar-refractivity contribution in [2.75, 3.05) is 13.1 Å². The van der Waals surface area contributed by atoms with Crippen molar-refractivity contribution in [2.45, 2.75) is 30.4 Å². The maximum absolute atomic E-state index is 13.1. The zero-order valence-corrected chi connectivity index (χ0v) is 16.6. The van der Waals surface area contributed by atoms with Crippen molar-refractivity contribution in [1.82, 2.24) is 9.62 Å². The second kappa shape index (κ2) is 9.30. The van der Waals surface area contributed by atoms with E-state index in [1.165, 1.54) is 40.7 Å². The van der Waals surface area contributed by atoms with Crippen molar-refractivity contribution in [3.8, 4) is 0 Å². The first-order valence-corrected chi connectivity index (χ1v) is 10.8. The van der Waals surface area contributed by atoms with Gasteiger partial charge in [-0.25, -0.2) is 12.8 Å². The second-order valence-corrected chi connectivity index (χ2v) is 8.82. The van der Waals surface area contributed by atoms with Gasteiger partial charge in [0.2, 0.25) is 15.9 Å². The Balaban J connectivity index is 1.55. The van der Waals surface area contributed by atoms with Crippen molar-refractivity contribution in [2.24, 2.45) is 0 Å². The molecule has 3 rings (SSSR count). The molecule has 29 heavy (non-hydrogen) atoms. The molecule has 154 valence electrons. The summed E-state index contributed by atoms with van der Waals surface area (Å²) in [6.45, 7) is 0.848. The molecule has 8 heteroatoms. The molecule has 1 saturated heterocycles. The normalized spacial score (nSPS) is 16.2. The van der Waals surface area contributed by atoms with E-state index in [1.807, 2.05) is 0 Å². The molecular weight excluding hydrogens is 395 g/mol. The molecule has 2 aromatic rings. The smallest absolute Gasteiger partial charge is 0.244 e. The average Bonchev–Trinajstić information content (AvgIpc) is 2.71. The number of sulfonamides is 1. The number of aliphatic hydroxyl groups is 1. The molecule has 1 fully saturated rings.